The molecule has 0 atom stereocenters. The molecule has 0 aliphatic carbocycles. The highest BCUT2D eigenvalue weighted by molar-refractivity contribution is 6.17. The van der Waals surface area contributed by atoms with Crippen molar-refractivity contribution < 1.29 is 8.78 Å². The molecule has 1 aromatic carbocycles. The fourth-order valence-electron chi connectivity index (χ4n) is 2.11. The molecule has 0 saturated carbocycles. The van der Waals surface area contributed by atoms with Crippen molar-refractivity contribution >= 4 is 22.8 Å². The van der Waals surface area contributed by atoms with Gasteiger partial charge in [-0.25, -0.2) is 18.7 Å². The van der Waals surface area contributed by atoms with E-state index in [9.17, 15) is 8.78 Å². The number of aryl methyl sites for hydroxylation is 1. The van der Waals surface area contributed by atoms with E-state index in [1.165, 1.54) is 6.07 Å². The van der Waals surface area contributed by atoms with E-state index in [1.807, 2.05) is 6.07 Å². The van der Waals surface area contributed by atoms with E-state index in [0.717, 1.165) is 12.1 Å². The van der Waals surface area contributed by atoms with Crippen LogP contribution in [0.2, 0.25) is 0 Å². The molecule has 0 N–H and O–H groups in total. The van der Waals surface area contributed by atoms with Crippen LogP contribution in [0.3, 0.4) is 0 Å². The zero-order chi connectivity index (χ0) is 14.1. The minimum atomic E-state index is -0.905. The Kier molecular flexibility index (Phi) is 3.36. The van der Waals surface area contributed by atoms with E-state index in [0.29, 0.717) is 35.0 Å². The monoisotopic (exact) mass is 293 g/mol. The summed E-state index contributed by atoms with van der Waals surface area (Å²) in [6.45, 7) is 0. The Morgan fingerprint density at radius 3 is 2.75 bits per heavy atom. The molecule has 0 unspecified atom stereocenters. The highest BCUT2D eigenvalue weighted by Crippen LogP contribution is 2.21. The SMILES string of the molecule is Fc1ccc(-n2c(CCCl)nc3cccnc32)cc1F. The van der Waals surface area contributed by atoms with Crippen LogP contribution in [0.5, 0.6) is 0 Å². The van der Waals surface area contributed by atoms with Crippen LogP contribution < -0.4 is 0 Å². The molecule has 0 radical (unpaired) electrons. The van der Waals surface area contributed by atoms with Gasteiger partial charge in [-0.1, -0.05) is 0 Å². The molecule has 6 heteroatoms. The number of hydrogen-bond acceptors (Lipinski definition) is 2. The normalized spacial score (nSPS) is 11.2. The van der Waals surface area contributed by atoms with Crippen molar-refractivity contribution in [2.24, 2.45) is 0 Å². The Labute approximate surface area is 118 Å². The maximum absolute atomic E-state index is 13.4. The van der Waals surface area contributed by atoms with E-state index < -0.39 is 11.6 Å². The molecule has 0 bridgehead atoms. The molecule has 102 valence electrons. The molecule has 0 saturated heterocycles. The number of halogens is 3. The second-order valence-corrected chi connectivity index (χ2v) is 4.62. The van der Waals surface area contributed by atoms with Crippen LogP contribution in [0, 0.1) is 11.6 Å². The molecule has 0 aliphatic rings. The van der Waals surface area contributed by atoms with Crippen LogP contribution in [0.25, 0.3) is 16.9 Å². The number of nitrogens with zero attached hydrogens (tertiary/aromatic N) is 3. The van der Waals surface area contributed by atoms with Gasteiger partial charge >= 0.3 is 0 Å². The van der Waals surface area contributed by atoms with Crippen LogP contribution in [0.1, 0.15) is 5.82 Å². The molecule has 3 rings (SSSR count). The Morgan fingerprint density at radius 2 is 2.00 bits per heavy atom. The summed E-state index contributed by atoms with van der Waals surface area (Å²) < 4.78 is 28.2. The highest BCUT2D eigenvalue weighted by Gasteiger charge is 2.14. The van der Waals surface area contributed by atoms with Crippen LogP contribution in [0.4, 0.5) is 8.78 Å². The number of benzene rings is 1. The Balaban J connectivity index is 2.26. The van der Waals surface area contributed by atoms with Crippen molar-refractivity contribution in [1.29, 1.82) is 0 Å². The van der Waals surface area contributed by atoms with Gasteiger partial charge in [0.1, 0.15) is 11.3 Å². The molecule has 2 heterocycles. The minimum Gasteiger partial charge on any atom is -0.281 e. The van der Waals surface area contributed by atoms with Gasteiger partial charge in [0.2, 0.25) is 0 Å². The Bertz CT molecular complexity index is 770. The summed E-state index contributed by atoms with van der Waals surface area (Å²) in [5, 5.41) is 0. The number of pyridine rings is 1. The first-order chi connectivity index (χ1) is 9.70. The van der Waals surface area contributed by atoms with Gasteiger partial charge in [0.05, 0.1) is 5.69 Å². The van der Waals surface area contributed by atoms with Gasteiger partial charge in [-0.2, -0.15) is 0 Å². The van der Waals surface area contributed by atoms with Gasteiger partial charge in [0.25, 0.3) is 0 Å². The lowest BCUT2D eigenvalue weighted by atomic mass is 10.3. The van der Waals surface area contributed by atoms with E-state index in [4.69, 9.17) is 11.6 Å². The van der Waals surface area contributed by atoms with Gasteiger partial charge in [-0.3, -0.25) is 4.57 Å². The van der Waals surface area contributed by atoms with Crippen molar-refractivity contribution in [2.75, 3.05) is 5.88 Å². The van der Waals surface area contributed by atoms with E-state index in [1.54, 1.807) is 16.8 Å². The average molecular weight is 294 g/mol. The topological polar surface area (TPSA) is 30.7 Å². The standard InChI is InChI=1S/C14H10ClF2N3/c15-6-5-13-19-12-2-1-7-18-14(12)20(13)9-3-4-10(16)11(17)8-9/h1-4,7-8H,5-6H2. The molecule has 0 amide bonds. The second-order valence-electron chi connectivity index (χ2n) is 4.25. The molecule has 2 aromatic heterocycles. The quantitative estimate of drug-likeness (QED) is 0.692. The lowest BCUT2D eigenvalue weighted by molar-refractivity contribution is 0.508. The van der Waals surface area contributed by atoms with E-state index >= 15 is 0 Å². The molecule has 3 aromatic rings. The summed E-state index contributed by atoms with van der Waals surface area (Å²) >= 11 is 5.77. The van der Waals surface area contributed by atoms with Gasteiger partial charge in [-0.05, 0) is 24.3 Å². The largest absolute Gasteiger partial charge is 0.281 e. The van der Waals surface area contributed by atoms with Crippen LogP contribution in [-0.4, -0.2) is 20.4 Å². The number of aromatic nitrogens is 3. The Hall–Kier alpha value is -2.01. The lowest BCUT2D eigenvalue weighted by Crippen LogP contribution is -2.04. The fourth-order valence-corrected chi connectivity index (χ4v) is 2.28. The smallest absolute Gasteiger partial charge is 0.164 e. The number of imidazole rings is 1. The third kappa shape index (κ3) is 2.14. The summed E-state index contributed by atoms with van der Waals surface area (Å²) in [5.41, 5.74) is 1.76. The molecule has 0 spiro atoms. The first-order valence-corrected chi connectivity index (χ1v) is 6.58. The molecule has 3 nitrogen and oxygen atoms in total. The third-order valence-electron chi connectivity index (χ3n) is 2.96. The molecular weight excluding hydrogens is 284 g/mol. The Morgan fingerprint density at radius 1 is 1.15 bits per heavy atom. The minimum absolute atomic E-state index is 0.382. The molecule has 0 aliphatic heterocycles. The summed E-state index contributed by atoms with van der Waals surface area (Å²) in [6.07, 6.45) is 2.14. The van der Waals surface area contributed by atoms with Crippen molar-refractivity contribution in [3.05, 3.63) is 54.0 Å². The number of alkyl halides is 1. The average Bonchev–Trinajstić information content (AvgIpc) is 2.80. The maximum Gasteiger partial charge on any atom is 0.164 e. The van der Waals surface area contributed by atoms with E-state index in [2.05, 4.69) is 9.97 Å². The third-order valence-corrected chi connectivity index (χ3v) is 3.15. The van der Waals surface area contributed by atoms with Gasteiger partial charge in [0.15, 0.2) is 17.3 Å². The van der Waals surface area contributed by atoms with Crippen LogP contribution in [0.15, 0.2) is 36.5 Å². The number of fused-ring (bicyclic) bond motifs is 1. The number of hydrogen-bond donors (Lipinski definition) is 0. The summed E-state index contributed by atoms with van der Waals surface area (Å²) in [6, 6.07) is 7.30. The summed E-state index contributed by atoms with van der Waals surface area (Å²) in [5.74, 6) is -0.741. The number of rotatable bonds is 3. The van der Waals surface area contributed by atoms with Crippen molar-refractivity contribution in [3.8, 4) is 5.69 Å². The van der Waals surface area contributed by atoms with Crippen molar-refractivity contribution in [3.63, 3.8) is 0 Å². The van der Waals surface area contributed by atoms with Gasteiger partial charge in [-0.15, -0.1) is 11.6 Å². The second kappa shape index (κ2) is 5.17. The van der Waals surface area contributed by atoms with Crippen LogP contribution in [-0.2, 0) is 6.42 Å². The first-order valence-electron chi connectivity index (χ1n) is 6.04. The summed E-state index contributed by atoms with van der Waals surface area (Å²) in [4.78, 5) is 8.68. The molecule has 20 heavy (non-hydrogen) atoms. The lowest BCUT2D eigenvalue weighted by Gasteiger charge is -2.08. The first kappa shape index (κ1) is 13.0. The predicted octanol–water partition coefficient (Wildman–Crippen LogP) is 3.48. The van der Waals surface area contributed by atoms with Crippen molar-refractivity contribution in [2.45, 2.75) is 6.42 Å². The summed E-state index contributed by atoms with van der Waals surface area (Å²) in [7, 11) is 0. The van der Waals surface area contributed by atoms with Gasteiger partial charge < -0.3 is 0 Å². The predicted molar refractivity (Wildman–Crippen MR) is 73.2 cm³/mol. The maximum atomic E-state index is 13.4. The molecule has 0 fully saturated rings. The molecular formula is C14H10ClF2N3. The van der Waals surface area contributed by atoms with E-state index in [-0.39, 0.29) is 0 Å². The van der Waals surface area contributed by atoms with Crippen LogP contribution >= 0.6 is 11.6 Å². The fraction of sp³-hybridized carbons (Fsp3) is 0.143. The zero-order valence-corrected chi connectivity index (χ0v) is 11.1. The zero-order valence-electron chi connectivity index (χ0n) is 10.4. The van der Waals surface area contributed by atoms with Crippen molar-refractivity contribution in [1.82, 2.24) is 14.5 Å². The highest BCUT2D eigenvalue weighted by atomic mass is 35.5. The van der Waals surface area contributed by atoms with Gasteiger partial charge in [0, 0.05) is 24.6 Å².